The number of halogens is 1. The van der Waals surface area contributed by atoms with Gasteiger partial charge in [-0.25, -0.2) is 4.98 Å². The number of carboxylic acids is 1. The van der Waals surface area contributed by atoms with Gasteiger partial charge in [-0.2, -0.15) is 0 Å². The second-order valence-electron chi connectivity index (χ2n) is 4.66. The molecule has 19 heavy (non-hydrogen) atoms. The smallest absolute Gasteiger partial charge is 0.307 e. The van der Waals surface area contributed by atoms with Crippen molar-refractivity contribution in [2.45, 2.75) is 18.8 Å². The molecule has 3 rings (SSSR count). The minimum absolute atomic E-state index is 0.214. The van der Waals surface area contributed by atoms with Crippen LogP contribution in [-0.4, -0.2) is 16.1 Å². The molecule has 0 fully saturated rings. The van der Waals surface area contributed by atoms with E-state index in [1.54, 1.807) is 18.2 Å². The van der Waals surface area contributed by atoms with Crippen molar-refractivity contribution in [1.29, 1.82) is 0 Å². The van der Waals surface area contributed by atoms with Crippen LogP contribution in [0.2, 0.25) is 5.02 Å². The van der Waals surface area contributed by atoms with Crippen LogP contribution < -0.4 is 0 Å². The predicted molar refractivity (Wildman–Crippen MR) is 71.3 cm³/mol. The third-order valence-corrected chi connectivity index (χ3v) is 3.67. The number of oxazole rings is 1. The molecule has 1 heterocycles. The number of benzene rings is 1. The Morgan fingerprint density at radius 1 is 1.37 bits per heavy atom. The van der Waals surface area contributed by atoms with E-state index in [4.69, 9.17) is 16.0 Å². The number of allylic oxidation sites excluding steroid dienone is 2. The van der Waals surface area contributed by atoms with Gasteiger partial charge in [0, 0.05) is 5.02 Å². The van der Waals surface area contributed by atoms with E-state index >= 15 is 0 Å². The Morgan fingerprint density at radius 3 is 2.95 bits per heavy atom. The maximum Gasteiger partial charge on any atom is 0.307 e. The van der Waals surface area contributed by atoms with E-state index in [0.29, 0.717) is 34.9 Å². The fraction of sp³-hybridized carbons (Fsp3) is 0.286. The Kier molecular flexibility index (Phi) is 3.03. The van der Waals surface area contributed by atoms with Crippen molar-refractivity contribution >= 4 is 28.7 Å². The van der Waals surface area contributed by atoms with Gasteiger partial charge in [0.2, 0.25) is 0 Å². The average molecular weight is 278 g/mol. The number of fused-ring (bicyclic) bond motifs is 1. The van der Waals surface area contributed by atoms with E-state index < -0.39 is 11.9 Å². The second kappa shape index (κ2) is 4.70. The van der Waals surface area contributed by atoms with Gasteiger partial charge in [-0.15, -0.1) is 0 Å². The van der Waals surface area contributed by atoms with Crippen LogP contribution in [0.25, 0.3) is 11.1 Å². The summed E-state index contributed by atoms with van der Waals surface area (Å²) in [6.07, 6.45) is 5.03. The van der Waals surface area contributed by atoms with E-state index in [2.05, 4.69) is 4.98 Å². The van der Waals surface area contributed by atoms with Crippen LogP contribution in [0.4, 0.5) is 0 Å². The fourth-order valence-corrected chi connectivity index (χ4v) is 2.60. The molecule has 1 aliphatic carbocycles. The second-order valence-corrected chi connectivity index (χ2v) is 5.09. The molecule has 0 amide bonds. The average Bonchev–Trinajstić information content (AvgIpc) is 2.81. The van der Waals surface area contributed by atoms with Gasteiger partial charge in [0.05, 0.1) is 11.8 Å². The molecule has 5 heteroatoms. The maximum absolute atomic E-state index is 11.3. The van der Waals surface area contributed by atoms with Gasteiger partial charge in [-0.1, -0.05) is 23.8 Å². The van der Waals surface area contributed by atoms with E-state index in [-0.39, 0.29) is 5.92 Å². The van der Waals surface area contributed by atoms with E-state index in [1.807, 2.05) is 12.2 Å². The normalized spacial score (nSPS) is 22.8. The number of carbonyl (C=O) groups is 1. The van der Waals surface area contributed by atoms with Gasteiger partial charge < -0.3 is 9.52 Å². The Bertz CT molecular complexity index is 662. The SMILES string of the molecule is O=C(O)C1CC=CCC1c1nc2cc(Cl)ccc2o1. The van der Waals surface area contributed by atoms with Gasteiger partial charge >= 0.3 is 5.97 Å². The molecule has 1 N–H and O–H groups in total. The molecule has 2 unspecified atom stereocenters. The highest BCUT2D eigenvalue weighted by Gasteiger charge is 2.33. The summed E-state index contributed by atoms with van der Waals surface area (Å²) < 4.78 is 5.68. The molecule has 98 valence electrons. The predicted octanol–water partition coefficient (Wildman–Crippen LogP) is 3.62. The zero-order valence-electron chi connectivity index (χ0n) is 10.0. The van der Waals surface area contributed by atoms with Crippen molar-refractivity contribution in [3.8, 4) is 0 Å². The summed E-state index contributed by atoms with van der Waals surface area (Å²) >= 11 is 5.91. The highest BCUT2D eigenvalue weighted by molar-refractivity contribution is 6.31. The minimum Gasteiger partial charge on any atom is -0.481 e. The molecular formula is C14H12ClNO3. The molecule has 0 saturated carbocycles. The van der Waals surface area contributed by atoms with Crippen LogP contribution >= 0.6 is 11.6 Å². The highest BCUT2D eigenvalue weighted by Crippen LogP contribution is 2.36. The minimum atomic E-state index is -0.811. The molecule has 0 aliphatic heterocycles. The molecule has 4 nitrogen and oxygen atoms in total. The zero-order chi connectivity index (χ0) is 13.4. The zero-order valence-corrected chi connectivity index (χ0v) is 10.8. The van der Waals surface area contributed by atoms with Crippen molar-refractivity contribution in [3.63, 3.8) is 0 Å². The number of hydrogen-bond acceptors (Lipinski definition) is 3. The first-order chi connectivity index (χ1) is 9.15. The summed E-state index contributed by atoms with van der Waals surface area (Å²) in [6, 6.07) is 5.20. The van der Waals surface area contributed by atoms with E-state index in [0.717, 1.165) is 0 Å². The van der Waals surface area contributed by atoms with Crippen LogP contribution in [0, 0.1) is 5.92 Å². The fourth-order valence-electron chi connectivity index (χ4n) is 2.44. The van der Waals surface area contributed by atoms with Gasteiger partial charge in [-0.05, 0) is 31.0 Å². The number of aliphatic carboxylic acids is 1. The number of rotatable bonds is 2. The summed E-state index contributed by atoms with van der Waals surface area (Å²) in [6.45, 7) is 0. The molecule has 0 radical (unpaired) electrons. The lowest BCUT2D eigenvalue weighted by atomic mass is 9.83. The molecular weight excluding hydrogens is 266 g/mol. The molecule has 2 atom stereocenters. The van der Waals surface area contributed by atoms with Gasteiger partial charge in [-0.3, -0.25) is 4.79 Å². The Balaban J connectivity index is 2.02. The van der Waals surface area contributed by atoms with Crippen molar-refractivity contribution in [3.05, 3.63) is 41.3 Å². The van der Waals surface area contributed by atoms with E-state index in [1.165, 1.54) is 0 Å². The first-order valence-corrected chi connectivity index (χ1v) is 6.47. The topological polar surface area (TPSA) is 63.3 Å². The lowest BCUT2D eigenvalue weighted by Gasteiger charge is -2.21. The molecule has 0 spiro atoms. The number of carboxylic acid groups (broad SMARTS) is 1. The number of nitrogens with zero attached hydrogens (tertiary/aromatic N) is 1. The third kappa shape index (κ3) is 2.24. The number of aromatic nitrogens is 1. The van der Waals surface area contributed by atoms with Crippen LogP contribution in [0.3, 0.4) is 0 Å². The third-order valence-electron chi connectivity index (χ3n) is 3.43. The van der Waals surface area contributed by atoms with Crippen molar-refractivity contribution in [1.82, 2.24) is 4.98 Å². The summed E-state index contributed by atoms with van der Waals surface area (Å²) in [5.74, 6) is -1.02. The first-order valence-electron chi connectivity index (χ1n) is 6.09. The Morgan fingerprint density at radius 2 is 2.16 bits per heavy atom. The van der Waals surface area contributed by atoms with Crippen LogP contribution in [0.15, 0.2) is 34.8 Å². The molecule has 1 aromatic carbocycles. The van der Waals surface area contributed by atoms with Crippen molar-refractivity contribution < 1.29 is 14.3 Å². The summed E-state index contributed by atoms with van der Waals surface area (Å²) in [5.41, 5.74) is 1.30. The monoisotopic (exact) mass is 277 g/mol. The summed E-state index contributed by atoms with van der Waals surface area (Å²) in [4.78, 5) is 15.7. The van der Waals surface area contributed by atoms with Crippen molar-refractivity contribution in [2.75, 3.05) is 0 Å². The largest absolute Gasteiger partial charge is 0.481 e. The molecule has 0 saturated heterocycles. The molecule has 0 bridgehead atoms. The Labute approximate surface area is 114 Å². The summed E-state index contributed by atoms with van der Waals surface area (Å²) in [7, 11) is 0. The lowest BCUT2D eigenvalue weighted by Crippen LogP contribution is -2.23. The van der Waals surface area contributed by atoms with Crippen LogP contribution in [-0.2, 0) is 4.79 Å². The Hall–Kier alpha value is -1.81. The standard InChI is InChI=1S/C14H12ClNO3/c15-8-5-6-12-11(7-8)16-13(19-12)9-3-1-2-4-10(9)14(17)18/h1-2,5-7,9-10H,3-4H2,(H,17,18). The number of hydrogen-bond donors (Lipinski definition) is 1. The van der Waals surface area contributed by atoms with Crippen LogP contribution in [0.1, 0.15) is 24.7 Å². The quantitative estimate of drug-likeness (QED) is 0.852. The maximum atomic E-state index is 11.3. The molecule has 1 aromatic heterocycles. The van der Waals surface area contributed by atoms with Gasteiger partial charge in [0.25, 0.3) is 0 Å². The molecule has 2 aromatic rings. The molecule has 1 aliphatic rings. The van der Waals surface area contributed by atoms with E-state index in [9.17, 15) is 9.90 Å². The van der Waals surface area contributed by atoms with Gasteiger partial charge in [0.15, 0.2) is 11.5 Å². The van der Waals surface area contributed by atoms with Crippen LogP contribution in [0.5, 0.6) is 0 Å². The highest BCUT2D eigenvalue weighted by atomic mass is 35.5. The lowest BCUT2D eigenvalue weighted by molar-refractivity contribution is -0.142. The van der Waals surface area contributed by atoms with Gasteiger partial charge in [0.1, 0.15) is 5.52 Å². The summed E-state index contributed by atoms with van der Waals surface area (Å²) in [5, 5.41) is 9.85. The van der Waals surface area contributed by atoms with Crippen molar-refractivity contribution in [2.24, 2.45) is 5.92 Å². The first kappa shape index (κ1) is 12.2.